The molecule has 10 heavy (non-hydrogen) atoms. The van der Waals surface area contributed by atoms with Crippen molar-refractivity contribution >= 4 is 5.82 Å². The molecule has 0 spiro atoms. The predicted octanol–water partition coefficient (Wildman–Crippen LogP) is 0.687. The van der Waals surface area contributed by atoms with Crippen molar-refractivity contribution in [3.05, 3.63) is 18.3 Å². The van der Waals surface area contributed by atoms with Gasteiger partial charge in [-0.15, -0.1) is 5.10 Å². The van der Waals surface area contributed by atoms with Crippen LogP contribution in [0.25, 0.3) is 0 Å². The van der Waals surface area contributed by atoms with Crippen LogP contribution in [0.2, 0.25) is 0 Å². The van der Waals surface area contributed by atoms with Crippen molar-refractivity contribution in [1.82, 2.24) is 10.2 Å². The Balaban J connectivity index is 2.18. The van der Waals surface area contributed by atoms with Crippen molar-refractivity contribution in [2.24, 2.45) is 0 Å². The Morgan fingerprint density at radius 1 is 1.40 bits per heavy atom. The van der Waals surface area contributed by atoms with E-state index in [-0.39, 0.29) is 0 Å². The summed E-state index contributed by atoms with van der Waals surface area (Å²) in [7, 11) is 0. The zero-order valence-electron chi connectivity index (χ0n) is 5.70. The van der Waals surface area contributed by atoms with Crippen molar-refractivity contribution < 1.29 is 0 Å². The molecule has 0 saturated carbocycles. The van der Waals surface area contributed by atoms with E-state index in [1.54, 1.807) is 6.20 Å². The lowest BCUT2D eigenvalue weighted by molar-refractivity contribution is 0.605. The van der Waals surface area contributed by atoms with Crippen molar-refractivity contribution in [3.8, 4) is 0 Å². The first-order valence-corrected chi connectivity index (χ1v) is 3.49. The van der Waals surface area contributed by atoms with Gasteiger partial charge in [0.1, 0.15) is 0 Å². The molecule has 3 nitrogen and oxygen atoms in total. The SMILES string of the molecule is c1cnnc(N2CCC2)c1. The Morgan fingerprint density at radius 2 is 2.30 bits per heavy atom. The lowest BCUT2D eigenvalue weighted by Crippen LogP contribution is -2.37. The molecule has 3 heteroatoms. The molecule has 0 unspecified atom stereocenters. The standard InChI is InChI=1S/C7H9N3/c1-3-7(9-8-4-1)10-5-2-6-10/h1,3-4H,2,5-6H2. The van der Waals surface area contributed by atoms with Gasteiger partial charge in [0.2, 0.25) is 0 Å². The highest BCUT2D eigenvalue weighted by Crippen LogP contribution is 2.15. The van der Waals surface area contributed by atoms with Crippen LogP contribution in [0.3, 0.4) is 0 Å². The van der Waals surface area contributed by atoms with Crippen LogP contribution < -0.4 is 4.90 Å². The predicted molar refractivity (Wildman–Crippen MR) is 38.9 cm³/mol. The highest BCUT2D eigenvalue weighted by molar-refractivity contribution is 5.38. The molecule has 1 saturated heterocycles. The molecule has 0 aromatic carbocycles. The minimum atomic E-state index is 1.01. The van der Waals surface area contributed by atoms with Crippen LogP contribution in [0, 0.1) is 0 Å². The highest BCUT2D eigenvalue weighted by atomic mass is 15.3. The molecule has 1 aliphatic heterocycles. The fraction of sp³-hybridized carbons (Fsp3) is 0.429. The summed E-state index contributed by atoms with van der Waals surface area (Å²) in [4.78, 5) is 2.22. The van der Waals surface area contributed by atoms with Gasteiger partial charge >= 0.3 is 0 Å². The van der Waals surface area contributed by atoms with Crippen LogP contribution in [-0.2, 0) is 0 Å². The first-order valence-electron chi connectivity index (χ1n) is 3.49. The molecule has 0 atom stereocenters. The minimum Gasteiger partial charge on any atom is -0.355 e. The van der Waals surface area contributed by atoms with Crippen LogP contribution in [0.1, 0.15) is 6.42 Å². The quantitative estimate of drug-likeness (QED) is 0.567. The first kappa shape index (κ1) is 5.65. The topological polar surface area (TPSA) is 29.0 Å². The smallest absolute Gasteiger partial charge is 0.151 e. The summed E-state index contributed by atoms with van der Waals surface area (Å²) in [6.45, 7) is 2.28. The van der Waals surface area contributed by atoms with Crippen LogP contribution in [-0.4, -0.2) is 23.3 Å². The van der Waals surface area contributed by atoms with Crippen LogP contribution in [0.5, 0.6) is 0 Å². The summed E-state index contributed by atoms with van der Waals surface area (Å²) in [5.41, 5.74) is 0. The van der Waals surface area contributed by atoms with E-state index in [0.29, 0.717) is 0 Å². The number of hydrogen-bond donors (Lipinski definition) is 0. The highest BCUT2D eigenvalue weighted by Gasteiger charge is 2.14. The average molecular weight is 135 g/mol. The normalized spacial score (nSPS) is 16.6. The second kappa shape index (κ2) is 2.25. The molecule has 1 aliphatic rings. The third-order valence-corrected chi connectivity index (χ3v) is 1.74. The van der Waals surface area contributed by atoms with E-state index in [1.165, 1.54) is 6.42 Å². The summed E-state index contributed by atoms with van der Waals surface area (Å²) in [5.74, 6) is 1.01. The van der Waals surface area contributed by atoms with Gasteiger partial charge in [-0.3, -0.25) is 0 Å². The van der Waals surface area contributed by atoms with Crippen molar-refractivity contribution in [3.63, 3.8) is 0 Å². The van der Waals surface area contributed by atoms with Gasteiger partial charge in [0.25, 0.3) is 0 Å². The maximum atomic E-state index is 3.98. The number of nitrogens with zero attached hydrogens (tertiary/aromatic N) is 3. The number of aromatic nitrogens is 2. The summed E-state index contributed by atoms with van der Waals surface area (Å²) in [5, 5.41) is 7.77. The zero-order chi connectivity index (χ0) is 6.81. The van der Waals surface area contributed by atoms with Crippen LogP contribution in [0.4, 0.5) is 5.82 Å². The van der Waals surface area contributed by atoms with Crippen molar-refractivity contribution in [2.45, 2.75) is 6.42 Å². The number of rotatable bonds is 1. The molecule has 0 aliphatic carbocycles. The monoisotopic (exact) mass is 135 g/mol. The molecule has 0 amide bonds. The Morgan fingerprint density at radius 3 is 2.80 bits per heavy atom. The van der Waals surface area contributed by atoms with E-state index in [1.807, 2.05) is 12.1 Å². The first-order chi connectivity index (χ1) is 4.97. The van der Waals surface area contributed by atoms with Gasteiger partial charge in [-0.25, -0.2) is 0 Å². The van der Waals surface area contributed by atoms with E-state index < -0.39 is 0 Å². The second-order valence-electron chi connectivity index (χ2n) is 2.42. The third-order valence-electron chi connectivity index (χ3n) is 1.74. The summed E-state index contributed by atoms with van der Waals surface area (Å²) in [6, 6.07) is 3.91. The molecule has 0 bridgehead atoms. The van der Waals surface area contributed by atoms with Crippen LogP contribution >= 0.6 is 0 Å². The van der Waals surface area contributed by atoms with E-state index >= 15 is 0 Å². The van der Waals surface area contributed by atoms with E-state index in [9.17, 15) is 0 Å². The van der Waals surface area contributed by atoms with E-state index in [2.05, 4.69) is 15.1 Å². The molecule has 1 aromatic heterocycles. The van der Waals surface area contributed by atoms with Gasteiger partial charge in [0, 0.05) is 19.3 Å². The maximum absolute atomic E-state index is 3.98. The second-order valence-corrected chi connectivity index (χ2v) is 2.42. The molecule has 1 aromatic rings. The van der Waals surface area contributed by atoms with Gasteiger partial charge in [0.05, 0.1) is 0 Å². The summed E-state index contributed by atoms with van der Waals surface area (Å²) in [6.07, 6.45) is 2.99. The average Bonchev–Trinajstić information content (AvgIpc) is 1.86. The Bertz CT molecular complexity index is 205. The lowest BCUT2D eigenvalue weighted by Gasteiger charge is -2.31. The molecule has 2 rings (SSSR count). The molecular formula is C7H9N3. The Labute approximate surface area is 59.7 Å². The molecular weight excluding hydrogens is 126 g/mol. The zero-order valence-corrected chi connectivity index (χ0v) is 5.70. The minimum absolute atomic E-state index is 1.01. The summed E-state index contributed by atoms with van der Waals surface area (Å²) < 4.78 is 0. The Hall–Kier alpha value is -1.12. The van der Waals surface area contributed by atoms with Gasteiger partial charge in [0.15, 0.2) is 5.82 Å². The van der Waals surface area contributed by atoms with Crippen LogP contribution in [0.15, 0.2) is 18.3 Å². The molecule has 0 radical (unpaired) electrons. The molecule has 0 N–H and O–H groups in total. The van der Waals surface area contributed by atoms with E-state index in [0.717, 1.165) is 18.9 Å². The molecule has 2 heterocycles. The van der Waals surface area contributed by atoms with Gasteiger partial charge in [-0.1, -0.05) is 0 Å². The third kappa shape index (κ3) is 0.835. The van der Waals surface area contributed by atoms with Crippen molar-refractivity contribution in [2.75, 3.05) is 18.0 Å². The van der Waals surface area contributed by atoms with Gasteiger partial charge < -0.3 is 4.90 Å². The molecule has 52 valence electrons. The Kier molecular flexibility index (Phi) is 1.27. The lowest BCUT2D eigenvalue weighted by atomic mass is 10.2. The van der Waals surface area contributed by atoms with Crippen molar-refractivity contribution in [1.29, 1.82) is 0 Å². The van der Waals surface area contributed by atoms with E-state index in [4.69, 9.17) is 0 Å². The largest absolute Gasteiger partial charge is 0.355 e. The fourth-order valence-electron chi connectivity index (χ4n) is 1.01. The molecule has 1 fully saturated rings. The number of anilines is 1. The van der Waals surface area contributed by atoms with Gasteiger partial charge in [-0.2, -0.15) is 5.10 Å². The summed E-state index contributed by atoms with van der Waals surface area (Å²) >= 11 is 0. The fourth-order valence-corrected chi connectivity index (χ4v) is 1.01. The number of hydrogen-bond acceptors (Lipinski definition) is 3. The maximum Gasteiger partial charge on any atom is 0.151 e. The van der Waals surface area contributed by atoms with Gasteiger partial charge in [-0.05, 0) is 18.6 Å².